The summed E-state index contributed by atoms with van der Waals surface area (Å²) in [5.41, 5.74) is 6.94. The molecular weight excluding hydrogens is 446 g/mol. The van der Waals surface area contributed by atoms with Crippen LogP contribution >= 0.6 is 15.9 Å². The first-order valence-corrected chi connectivity index (χ1v) is 11.4. The molecule has 0 aliphatic carbocycles. The van der Waals surface area contributed by atoms with E-state index in [2.05, 4.69) is 52.1 Å². The second-order valence-electron chi connectivity index (χ2n) is 7.63. The van der Waals surface area contributed by atoms with Gasteiger partial charge in [-0.2, -0.15) is 5.26 Å². The molecule has 1 heterocycles. The number of aryl methyl sites for hydroxylation is 1. The van der Waals surface area contributed by atoms with E-state index >= 15 is 0 Å². The molecule has 0 atom stereocenters. The molecule has 3 nitrogen and oxygen atoms in total. The maximum atomic E-state index is 9.76. The Morgan fingerprint density at radius 2 is 1.74 bits per heavy atom. The number of benzene rings is 3. The summed E-state index contributed by atoms with van der Waals surface area (Å²) in [4.78, 5) is 8.49. The molecule has 1 aromatic heterocycles. The third-order valence-electron chi connectivity index (χ3n) is 5.39. The lowest BCUT2D eigenvalue weighted by Gasteiger charge is -2.09. The second-order valence-corrected chi connectivity index (χ2v) is 8.48. The summed E-state index contributed by atoms with van der Waals surface area (Å²) in [5.74, 6) is 1.02. The molecule has 0 aliphatic rings. The van der Waals surface area contributed by atoms with Crippen LogP contribution in [0.5, 0.6) is 0 Å². The summed E-state index contributed by atoms with van der Waals surface area (Å²) in [5, 5.41) is 9.76. The van der Waals surface area contributed by atoms with Crippen LogP contribution in [0.4, 0.5) is 0 Å². The van der Waals surface area contributed by atoms with Crippen molar-refractivity contribution in [3.05, 3.63) is 99.9 Å². The first-order valence-electron chi connectivity index (χ1n) is 10.6. The highest BCUT2D eigenvalue weighted by molar-refractivity contribution is 9.10. The smallest absolute Gasteiger partial charge is 0.107 e. The Balaban J connectivity index is 1.71. The van der Waals surface area contributed by atoms with Gasteiger partial charge in [0.25, 0.3) is 0 Å². The zero-order valence-electron chi connectivity index (χ0n) is 17.5. The largest absolute Gasteiger partial charge is 0.345 e. The molecule has 0 saturated heterocycles. The van der Waals surface area contributed by atoms with Gasteiger partial charge in [-0.25, -0.2) is 4.98 Å². The Hall–Kier alpha value is -3.16. The monoisotopic (exact) mass is 469 g/mol. The Morgan fingerprint density at radius 3 is 2.48 bits per heavy atom. The van der Waals surface area contributed by atoms with Crippen molar-refractivity contribution in [2.45, 2.75) is 32.6 Å². The van der Waals surface area contributed by atoms with Gasteiger partial charge in [0, 0.05) is 28.6 Å². The SMILES string of the molecule is CCCCc1nc(-c2ccccc2Br)c(Cc2ccc(-c3ccccc3)c(C#N)c2)[nH]1. The quantitative estimate of drug-likeness (QED) is 0.308. The van der Waals surface area contributed by atoms with E-state index < -0.39 is 0 Å². The van der Waals surface area contributed by atoms with E-state index in [9.17, 15) is 5.26 Å². The Kier molecular flexibility index (Phi) is 6.64. The van der Waals surface area contributed by atoms with E-state index in [0.717, 1.165) is 63.2 Å². The van der Waals surface area contributed by atoms with Gasteiger partial charge in [-0.15, -0.1) is 0 Å². The molecule has 4 rings (SSSR count). The van der Waals surface area contributed by atoms with Crippen LogP contribution in [0.1, 0.15) is 42.4 Å². The van der Waals surface area contributed by atoms with Crippen molar-refractivity contribution < 1.29 is 0 Å². The lowest BCUT2D eigenvalue weighted by molar-refractivity contribution is 0.760. The highest BCUT2D eigenvalue weighted by Crippen LogP contribution is 2.31. The molecule has 31 heavy (non-hydrogen) atoms. The molecule has 0 amide bonds. The highest BCUT2D eigenvalue weighted by Gasteiger charge is 2.16. The van der Waals surface area contributed by atoms with E-state index in [0.29, 0.717) is 12.0 Å². The molecule has 154 valence electrons. The maximum absolute atomic E-state index is 9.76. The summed E-state index contributed by atoms with van der Waals surface area (Å²) in [6, 6.07) is 26.8. The summed E-state index contributed by atoms with van der Waals surface area (Å²) >= 11 is 3.68. The second kappa shape index (κ2) is 9.76. The predicted molar refractivity (Wildman–Crippen MR) is 130 cm³/mol. The van der Waals surface area contributed by atoms with E-state index in [1.165, 1.54) is 0 Å². The lowest BCUT2D eigenvalue weighted by Crippen LogP contribution is -1.95. The number of hydrogen-bond donors (Lipinski definition) is 1. The Morgan fingerprint density at radius 1 is 0.968 bits per heavy atom. The zero-order chi connectivity index (χ0) is 21.6. The minimum absolute atomic E-state index is 0.692. The van der Waals surface area contributed by atoms with Crippen molar-refractivity contribution in [1.82, 2.24) is 9.97 Å². The summed E-state index contributed by atoms with van der Waals surface area (Å²) in [7, 11) is 0. The summed E-state index contributed by atoms with van der Waals surface area (Å²) in [6.07, 6.45) is 3.86. The van der Waals surface area contributed by atoms with Crippen molar-refractivity contribution in [3.63, 3.8) is 0 Å². The van der Waals surface area contributed by atoms with Crippen LogP contribution in [0.3, 0.4) is 0 Å². The highest BCUT2D eigenvalue weighted by atomic mass is 79.9. The number of hydrogen-bond acceptors (Lipinski definition) is 2. The van der Waals surface area contributed by atoms with Gasteiger partial charge < -0.3 is 4.98 Å². The summed E-state index contributed by atoms with van der Waals surface area (Å²) < 4.78 is 1.03. The first-order chi connectivity index (χ1) is 15.2. The number of H-pyrrole nitrogens is 1. The molecular formula is C27H24BrN3. The van der Waals surface area contributed by atoms with Crippen LogP contribution in [0.15, 0.2) is 77.3 Å². The Labute approximate surface area is 191 Å². The minimum atomic E-state index is 0.692. The molecule has 0 unspecified atom stereocenters. The maximum Gasteiger partial charge on any atom is 0.107 e. The molecule has 1 N–H and O–H groups in total. The fraction of sp³-hybridized carbons (Fsp3) is 0.185. The van der Waals surface area contributed by atoms with E-state index in [1.54, 1.807) is 0 Å². The number of aromatic nitrogens is 2. The number of halogens is 1. The van der Waals surface area contributed by atoms with Crippen LogP contribution in [-0.4, -0.2) is 9.97 Å². The first kappa shape index (κ1) is 21.1. The van der Waals surface area contributed by atoms with Crippen LogP contribution in [0.25, 0.3) is 22.4 Å². The van der Waals surface area contributed by atoms with Crippen molar-refractivity contribution in [3.8, 4) is 28.5 Å². The predicted octanol–water partition coefficient (Wildman–Crippen LogP) is 7.31. The van der Waals surface area contributed by atoms with Crippen LogP contribution in [0, 0.1) is 11.3 Å². The van der Waals surface area contributed by atoms with Gasteiger partial charge in [0.05, 0.1) is 17.3 Å². The van der Waals surface area contributed by atoms with Gasteiger partial charge in [-0.05, 0) is 35.2 Å². The molecule has 0 radical (unpaired) electrons. The molecule has 4 heteroatoms. The lowest BCUT2D eigenvalue weighted by atomic mass is 9.96. The normalized spacial score (nSPS) is 10.7. The molecule has 0 saturated carbocycles. The average molecular weight is 470 g/mol. The van der Waals surface area contributed by atoms with Crippen LogP contribution in [-0.2, 0) is 12.8 Å². The van der Waals surface area contributed by atoms with Crippen molar-refractivity contribution in [1.29, 1.82) is 5.26 Å². The van der Waals surface area contributed by atoms with Gasteiger partial charge in [-0.3, -0.25) is 0 Å². The van der Waals surface area contributed by atoms with Crippen molar-refractivity contribution in [2.24, 2.45) is 0 Å². The molecule has 0 aliphatic heterocycles. The number of nitrogens with zero attached hydrogens (tertiary/aromatic N) is 2. The minimum Gasteiger partial charge on any atom is -0.345 e. The van der Waals surface area contributed by atoms with Gasteiger partial charge in [0.15, 0.2) is 0 Å². The van der Waals surface area contributed by atoms with Crippen LogP contribution in [0.2, 0.25) is 0 Å². The van der Waals surface area contributed by atoms with Gasteiger partial charge in [0.1, 0.15) is 5.82 Å². The molecule has 0 fully saturated rings. The van der Waals surface area contributed by atoms with E-state index in [4.69, 9.17) is 4.98 Å². The number of aromatic amines is 1. The average Bonchev–Trinajstić information content (AvgIpc) is 3.20. The van der Waals surface area contributed by atoms with Crippen LogP contribution < -0.4 is 0 Å². The summed E-state index contributed by atoms with van der Waals surface area (Å²) in [6.45, 7) is 2.19. The third kappa shape index (κ3) is 4.78. The van der Waals surface area contributed by atoms with Gasteiger partial charge in [-0.1, -0.05) is 89.9 Å². The fourth-order valence-electron chi connectivity index (χ4n) is 3.80. The van der Waals surface area contributed by atoms with Gasteiger partial charge >= 0.3 is 0 Å². The van der Waals surface area contributed by atoms with Crippen molar-refractivity contribution >= 4 is 15.9 Å². The van der Waals surface area contributed by atoms with Gasteiger partial charge in [0.2, 0.25) is 0 Å². The zero-order valence-corrected chi connectivity index (χ0v) is 19.1. The number of imidazole rings is 1. The standard InChI is InChI=1S/C27H24BrN3/c1-2-3-13-26-30-25(27(31-26)23-11-7-8-12-24(23)28)17-19-14-15-22(21(16-19)18-29)20-9-5-4-6-10-20/h4-12,14-16H,2-3,13,17H2,1H3,(H,30,31). The third-order valence-corrected chi connectivity index (χ3v) is 6.09. The number of rotatable bonds is 7. The topological polar surface area (TPSA) is 52.5 Å². The van der Waals surface area contributed by atoms with E-state index in [1.807, 2.05) is 54.6 Å². The fourth-order valence-corrected chi connectivity index (χ4v) is 4.27. The number of nitriles is 1. The van der Waals surface area contributed by atoms with E-state index in [-0.39, 0.29) is 0 Å². The molecule has 3 aromatic carbocycles. The molecule has 0 bridgehead atoms. The number of unbranched alkanes of at least 4 members (excludes halogenated alkanes) is 1. The number of nitrogens with one attached hydrogen (secondary N) is 1. The Bertz CT molecular complexity index is 1220. The van der Waals surface area contributed by atoms with Crippen molar-refractivity contribution in [2.75, 3.05) is 0 Å². The molecule has 0 spiro atoms. The molecule has 4 aromatic rings.